The van der Waals surface area contributed by atoms with Gasteiger partial charge in [0.15, 0.2) is 8.07 Å². The highest BCUT2D eigenvalue weighted by Gasteiger charge is 2.44. The second kappa shape index (κ2) is 10.6. The van der Waals surface area contributed by atoms with Gasteiger partial charge in [0.25, 0.3) is 0 Å². The number of rotatable bonds is 7. The Morgan fingerprint density at radius 1 is 0.595 bits per heavy atom. The summed E-state index contributed by atoms with van der Waals surface area (Å²) in [5.74, 6) is 1.49. The summed E-state index contributed by atoms with van der Waals surface area (Å²) in [5, 5.41) is 6.14. The number of hydrogen-bond donors (Lipinski definition) is 0. The number of benzene rings is 3. The maximum absolute atomic E-state index is 2.58. The molecule has 3 aromatic rings. The molecule has 0 fully saturated rings. The third kappa shape index (κ3) is 5.34. The van der Waals surface area contributed by atoms with Crippen molar-refractivity contribution in [3.63, 3.8) is 0 Å². The van der Waals surface area contributed by atoms with Crippen LogP contribution < -0.4 is 15.6 Å². The van der Waals surface area contributed by atoms with E-state index >= 15 is 0 Å². The molecule has 4 rings (SSSR count). The Labute approximate surface area is 227 Å². The second-order valence-electron chi connectivity index (χ2n) is 12.9. The summed E-state index contributed by atoms with van der Waals surface area (Å²) in [4.78, 5) is 0. The zero-order valence-corrected chi connectivity index (χ0v) is 25.5. The zero-order chi connectivity index (χ0) is 27.0. The van der Waals surface area contributed by atoms with Gasteiger partial charge in [-0.05, 0) is 67.4 Å². The highest BCUT2D eigenvalue weighted by Crippen LogP contribution is 2.36. The van der Waals surface area contributed by atoms with Gasteiger partial charge in [0.05, 0.1) is 0 Å². The van der Waals surface area contributed by atoms with Crippen LogP contribution in [-0.2, 0) is 0 Å². The van der Waals surface area contributed by atoms with Crippen molar-refractivity contribution in [3.8, 4) is 0 Å². The van der Waals surface area contributed by atoms with Crippen LogP contribution in [0.25, 0.3) is 0 Å². The van der Waals surface area contributed by atoms with Crippen LogP contribution >= 0.6 is 0 Å². The van der Waals surface area contributed by atoms with Crippen LogP contribution in [0.15, 0.2) is 95.7 Å². The van der Waals surface area contributed by atoms with E-state index in [1.165, 1.54) is 37.8 Å². The fourth-order valence-corrected chi connectivity index (χ4v) is 10.8. The van der Waals surface area contributed by atoms with E-state index in [1.807, 2.05) is 0 Å². The van der Waals surface area contributed by atoms with Crippen LogP contribution in [0, 0.1) is 5.41 Å². The second-order valence-corrected chi connectivity index (χ2v) is 16.7. The molecule has 0 aliphatic heterocycles. The molecule has 3 aromatic carbocycles. The smallest absolute Gasteiger partial charge is 0.0771 e. The number of hydrogen-bond acceptors (Lipinski definition) is 0. The summed E-state index contributed by atoms with van der Waals surface area (Å²) in [6.07, 6.45) is 6.11. The molecule has 0 radical (unpaired) electrons. The molecule has 0 nitrogen and oxygen atoms in total. The van der Waals surface area contributed by atoms with Crippen LogP contribution in [0.3, 0.4) is 0 Å². The maximum Gasteiger partial charge on any atom is 0.175 e. The lowest BCUT2D eigenvalue weighted by Crippen LogP contribution is -2.68. The Morgan fingerprint density at radius 3 is 1.27 bits per heavy atom. The summed E-state index contributed by atoms with van der Waals surface area (Å²) < 4.78 is 0. The highest BCUT2D eigenvalue weighted by molar-refractivity contribution is 7.16. The molecule has 1 heteroatoms. The van der Waals surface area contributed by atoms with E-state index < -0.39 is 8.07 Å². The molecule has 0 bridgehead atoms. The molecule has 0 N–H and O–H groups in total. The first kappa shape index (κ1) is 27.4. The van der Waals surface area contributed by atoms with Crippen LogP contribution in [0.1, 0.15) is 103 Å². The Bertz CT molecular complexity index is 1190. The molecule has 0 saturated carbocycles. The fraction of sp³-hybridized carbons (Fsp3) is 0.389. The van der Waals surface area contributed by atoms with Gasteiger partial charge in [-0.25, -0.2) is 0 Å². The van der Waals surface area contributed by atoms with Crippen LogP contribution in [0.2, 0.25) is 0 Å². The molecule has 0 amide bonds. The van der Waals surface area contributed by atoms with Gasteiger partial charge >= 0.3 is 0 Å². The third-order valence-corrected chi connectivity index (χ3v) is 13.0. The van der Waals surface area contributed by atoms with Gasteiger partial charge in [-0.15, -0.1) is 0 Å². The van der Waals surface area contributed by atoms with E-state index in [0.29, 0.717) is 17.8 Å². The largest absolute Gasteiger partial charge is 0.175 e. The van der Waals surface area contributed by atoms with Crippen molar-refractivity contribution in [2.24, 2.45) is 5.41 Å². The van der Waals surface area contributed by atoms with Crippen molar-refractivity contribution < 1.29 is 0 Å². The molecule has 37 heavy (non-hydrogen) atoms. The third-order valence-electron chi connectivity index (χ3n) is 8.18. The Morgan fingerprint density at radius 2 is 0.973 bits per heavy atom. The lowest BCUT2D eigenvalue weighted by Gasteiger charge is -2.37. The minimum atomic E-state index is -2.53. The van der Waals surface area contributed by atoms with E-state index in [2.05, 4.69) is 147 Å². The molecule has 0 aromatic heterocycles. The zero-order valence-electron chi connectivity index (χ0n) is 24.5. The topological polar surface area (TPSA) is 0 Å². The summed E-state index contributed by atoms with van der Waals surface area (Å²) >= 11 is 0. The predicted molar refractivity (Wildman–Crippen MR) is 166 cm³/mol. The molecule has 194 valence electrons. The molecule has 0 spiro atoms. The van der Waals surface area contributed by atoms with Gasteiger partial charge in [0.1, 0.15) is 0 Å². The van der Waals surface area contributed by atoms with Gasteiger partial charge in [0.2, 0.25) is 0 Å². The SMILES string of the molecule is CC(C)c1cccc([Si](C2=CC(C(C)(C)C)=CC2)(c2cccc(C(C)C)c2)c2cccc(C(C)C)c2)c1. The van der Waals surface area contributed by atoms with Gasteiger partial charge in [0, 0.05) is 0 Å². The van der Waals surface area contributed by atoms with E-state index in [-0.39, 0.29) is 5.41 Å². The minimum absolute atomic E-state index is 0.140. The van der Waals surface area contributed by atoms with Crippen LogP contribution in [0.4, 0.5) is 0 Å². The van der Waals surface area contributed by atoms with Gasteiger partial charge in [-0.1, -0.05) is 152 Å². The molecule has 0 heterocycles. The summed E-state index contributed by atoms with van der Waals surface area (Å²) in [7, 11) is -2.53. The molecular weight excluding hydrogens is 460 g/mol. The van der Waals surface area contributed by atoms with Gasteiger partial charge in [-0.3, -0.25) is 0 Å². The average Bonchev–Trinajstić information content (AvgIpc) is 3.36. The summed E-state index contributed by atoms with van der Waals surface area (Å²) in [5.41, 5.74) is 5.90. The van der Waals surface area contributed by atoms with Crippen LogP contribution in [-0.4, -0.2) is 8.07 Å². The number of allylic oxidation sites excluding steroid dienone is 4. The van der Waals surface area contributed by atoms with E-state index in [4.69, 9.17) is 0 Å². The van der Waals surface area contributed by atoms with Crippen molar-refractivity contribution in [3.05, 3.63) is 112 Å². The molecule has 1 aliphatic rings. The van der Waals surface area contributed by atoms with E-state index in [0.717, 1.165) is 6.42 Å². The Kier molecular flexibility index (Phi) is 7.86. The standard InChI is InChI=1S/C36H46Si/c1-25(2)28-13-10-16-32(21-28)37(33-17-11-14-29(22-33)26(3)4,34-18-12-15-30(23-34)27(5)6)35-20-19-31(24-35)36(7,8)9/h10-19,21-27H,20H2,1-9H3. The molecule has 0 saturated heterocycles. The lowest BCUT2D eigenvalue weighted by atomic mass is 9.87. The molecular formula is C36H46Si. The summed E-state index contributed by atoms with van der Waals surface area (Å²) in [6.45, 7) is 20.9. The molecule has 1 aliphatic carbocycles. The first-order chi connectivity index (χ1) is 17.4. The molecule has 0 atom stereocenters. The first-order valence-corrected chi connectivity index (χ1v) is 16.2. The van der Waals surface area contributed by atoms with Gasteiger partial charge in [-0.2, -0.15) is 0 Å². The monoisotopic (exact) mass is 506 g/mol. The molecule has 0 unspecified atom stereocenters. The maximum atomic E-state index is 2.58. The van der Waals surface area contributed by atoms with Crippen molar-refractivity contribution in [2.45, 2.75) is 86.5 Å². The van der Waals surface area contributed by atoms with Gasteiger partial charge < -0.3 is 0 Å². The quantitative estimate of drug-likeness (QED) is 0.223. The summed E-state index contributed by atoms with van der Waals surface area (Å²) in [6, 6.07) is 28.7. The fourth-order valence-electron chi connectivity index (χ4n) is 5.76. The van der Waals surface area contributed by atoms with E-state index in [9.17, 15) is 0 Å². The predicted octanol–water partition coefficient (Wildman–Crippen LogP) is 8.37. The highest BCUT2D eigenvalue weighted by atomic mass is 28.3. The van der Waals surface area contributed by atoms with Crippen molar-refractivity contribution in [1.29, 1.82) is 0 Å². The Hall–Kier alpha value is -2.64. The first-order valence-electron chi connectivity index (χ1n) is 14.2. The van der Waals surface area contributed by atoms with E-state index in [1.54, 1.807) is 5.20 Å². The normalized spacial score (nSPS) is 14.5. The van der Waals surface area contributed by atoms with Crippen molar-refractivity contribution >= 4 is 23.6 Å². The lowest BCUT2D eigenvalue weighted by molar-refractivity contribution is 0.518. The Balaban J connectivity index is 2.14. The average molecular weight is 507 g/mol. The van der Waals surface area contributed by atoms with Crippen LogP contribution in [0.5, 0.6) is 0 Å². The minimum Gasteiger partial charge on any atom is -0.0771 e. The van der Waals surface area contributed by atoms with Crippen molar-refractivity contribution in [2.75, 3.05) is 0 Å². The van der Waals surface area contributed by atoms with Crippen molar-refractivity contribution in [1.82, 2.24) is 0 Å².